The average molecular weight is 296 g/mol. The molecule has 1 aromatic carbocycles. The Morgan fingerprint density at radius 3 is 2.33 bits per heavy atom. The van der Waals surface area contributed by atoms with Crippen molar-refractivity contribution in [3.8, 4) is 0 Å². The molecule has 0 unspecified atom stereocenters. The highest BCUT2D eigenvalue weighted by atomic mass is 19.1. The minimum Gasteiger partial charge on any atom is -0.380 e. The fourth-order valence-electron chi connectivity index (χ4n) is 2.36. The van der Waals surface area contributed by atoms with Crippen molar-refractivity contribution < 1.29 is 13.6 Å². The zero-order chi connectivity index (χ0) is 15.4. The van der Waals surface area contributed by atoms with E-state index in [1.165, 1.54) is 0 Å². The lowest BCUT2D eigenvalue weighted by Crippen LogP contribution is -2.34. The van der Waals surface area contributed by atoms with Gasteiger partial charge >= 0.3 is 0 Å². The Labute approximate surface area is 124 Å². The first-order valence-corrected chi connectivity index (χ1v) is 7.62. The number of hydrogen-bond acceptors (Lipinski definition) is 2. The van der Waals surface area contributed by atoms with Crippen LogP contribution in [0.5, 0.6) is 0 Å². The predicted octanol–water partition coefficient (Wildman–Crippen LogP) is 3.80. The van der Waals surface area contributed by atoms with Crippen LogP contribution in [0.25, 0.3) is 0 Å². The molecule has 1 aliphatic carbocycles. The van der Waals surface area contributed by atoms with Gasteiger partial charge in [0, 0.05) is 24.7 Å². The standard InChI is InChI=1S/C16H22F2N2O/c1-3-7-19-15-13(17)9-11(10-14(15)18)16(21)20(8-4-2)12-5-6-12/h9-10,12,19H,3-8H2,1-2H3. The number of carbonyl (C=O) groups excluding carboxylic acids is 1. The van der Waals surface area contributed by atoms with Gasteiger partial charge in [0.2, 0.25) is 0 Å². The monoisotopic (exact) mass is 296 g/mol. The van der Waals surface area contributed by atoms with Gasteiger partial charge in [-0.2, -0.15) is 0 Å². The molecule has 116 valence electrons. The molecule has 0 radical (unpaired) electrons. The molecule has 1 saturated carbocycles. The van der Waals surface area contributed by atoms with Crippen LogP contribution in [0.15, 0.2) is 12.1 Å². The molecule has 1 aromatic rings. The molecule has 5 heteroatoms. The van der Waals surface area contributed by atoms with Gasteiger partial charge in [0.15, 0.2) is 0 Å². The number of nitrogens with one attached hydrogen (secondary N) is 1. The van der Waals surface area contributed by atoms with Crippen LogP contribution in [-0.4, -0.2) is 29.9 Å². The molecule has 0 atom stereocenters. The van der Waals surface area contributed by atoms with Crippen molar-refractivity contribution >= 4 is 11.6 Å². The number of benzene rings is 1. The predicted molar refractivity (Wildman–Crippen MR) is 79.5 cm³/mol. The van der Waals surface area contributed by atoms with E-state index in [4.69, 9.17) is 0 Å². The highest BCUT2D eigenvalue weighted by Gasteiger charge is 2.32. The third kappa shape index (κ3) is 3.71. The lowest BCUT2D eigenvalue weighted by Gasteiger charge is -2.22. The maximum atomic E-state index is 14.0. The molecule has 0 aliphatic heterocycles. The second kappa shape index (κ2) is 6.87. The summed E-state index contributed by atoms with van der Waals surface area (Å²) in [5.41, 5.74) is -0.0609. The van der Waals surface area contributed by atoms with Gasteiger partial charge in [-0.3, -0.25) is 4.79 Å². The highest BCUT2D eigenvalue weighted by Crippen LogP contribution is 2.29. The fourth-order valence-corrected chi connectivity index (χ4v) is 2.36. The number of hydrogen-bond donors (Lipinski definition) is 1. The Kier molecular flexibility index (Phi) is 5.15. The van der Waals surface area contributed by atoms with Gasteiger partial charge in [-0.05, 0) is 37.8 Å². The van der Waals surface area contributed by atoms with Gasteiger partial charge in [0.25, 0.3) is 5.91 Å². The van der Waals surface area contributed by atoms with Crippen LogP contribution in [0.1, 0.15) is 49.9 Å². The van der Waals surface area contributed by atoms with E-state index in [1.807, 2.05) is 13.8 Å². The first-order chi connectivity index (χ1) is 10.1. The smallest absolute Gasteiger partial charge is 0.254 e. The largest absolute Gasteiger partial charge is 0.380 e. The number of nitrogens with zero attached hydrogens (tertiary/aromatic N) is 1. The Morgan fingerprint density at radius 2 is 1.86 bits per heavy atom. The normalized spacial score (nSPS) is 14.1. The number of halogens is 2. The molecule has 1 amide bonds. The first kappa shape index (κ1) is 15.7. The minimum absolute atomic E-state index is 0.0902. The van der Waals surface area contributed by atoms with E-state index < -0.39 is 11.6 Å². The molecule has 1 aliphatic rings. The van der Waals surface area contributed by atoms with Gasteiger partial charge in [-0.15, -0.1) is 0 Å². The van der Waals surface area contributed by atoms with Crippen molar-refractivity contribution in [3.05, 3.63) is 29.3 Å². The molecule has 0 aromatic heterocycles. The van der Waals surface area contributed by atoms with Crippen molar-refractivity contribution in [2.75, 3.05) is 18.4 Å². The third-order valence-electron chi connectivity index (χ3n) is 3.55. The van der Waals surface area contributed by atoms with E-state index in [1.54, 1.807) is 4.90 Å². The molecular weight excluding hydrogens is 274 g/mol. The van der Waals surface area contributed by atoms with Crippen LogP contribution in [-0.2, 0) is 0 Å². The summed E-state index contributed by atoms with van der Waals surface area (Å²) in [6, 6.07) is 2.50. The summed E-state index contributed by atoms with van der Waals surface area (Å²) < 4.78 is 28.0. The second-order valence-corrected chi connectivity index (χ2v) is 5.47. The van der Waals surface area contributed by atoms with E-state index in [-0.39, 0.29) is 23.2 Å². The molecule has 0 heterocycles. The van der Waals surface area contributed by atoms with Crippen molar-refractivity contribution in [2.45, 2.75) is 45.6 Å². The van der Waals surface area contributed by atoms with E-state index >= 15 is 0 Å². The molecule has 1 N–H and O–H groups in total. The number of carbonyl (C=O) groups is 1. The van der Waals surface area contributed by atoms with Crippen molar-refractivity contribution in [1.29, 1.82) is 0 Å². The highest BCUT2D eigenvalue weighted by molar-refractivity contribution is 5.95. The van der Waals surface area contributed by atoms with Gasteiger partial charge in [0.05, 0.1) is 0 Å². The molecule has 3 nitrogen and oxygen atoms in total. The van der Waals surface area contributed by atoms with Crippen LogP contribution in [0.3, 0.4) is 0 Å². The van der Waals surface area contributed by atoms with Gasteiger partial charge < -0.3 is 10.2 Å². The average Bonchev–Trinajstić information content (AvgIpc) is 3.27. The molecule has 2 rings (SSSR count). The Balaban J connectivity index is 2.21. The second-order valence-electron chi connectivity index (χ2n) is 5.47. The van der Waals surface area contributed by atoms with Crippen molar-refractivity contribution in [2.24, 2.45) is 0 Å². The Hall–Kier alpha value is -1.65. The van der Waals surface area contributed by atoms with Crippen LogP contribution >= 0.6 is 0 Å². The third-order valence-corrected chi connectivity index (χ3v) is 3.55. The van der Waals surface area contributed by atoms with Crippen LogP contribution < -0.4 is 5.32 Å². The van der Waals surface area contributed by atoms with E-state index in [9.17, 15) is 13.6 Å². The minimum atomic E-state index is -0.709. The Morgan fingerprint density at radius 1 is 1.24 bits per heavy atom. The molecule has 0 bridgehead atoms. The summed E-state index contributed by atoms with van der Waals surface area (Å²) in [5, 5.41) is 2.71. The zero-order valence-electron chi connectivity index (χ0n) is 12.6. The van der Waals surface area contributed by atoms with E-state index in [0.717, 1.165) is 37.8 Å². The molecule has 0 saturated heterocycles. The summed E-state index contributed by atoms with van der Waals surface area (Å²) in [4.78, 5) is 14.1. The molecule has 0 spiro atoms. The molecule has 21 heavy (non-hydrogen) atoms. The van der Waals surface area contributed by atoms with Gasteiger partial charge in [-0.1, -0.05) is 13.8 Å². The first-order valence-electron chi connectivity index (χ1n) is 7.62. The van der Waals surface area contributed by atoms with E-state index in [0.29, 0.717) is 13.1 Å². The summed E-state index contributed by atoms with van der Waals surface area (Å²) in [6.45, 7) is 5.02. The van der Waals surface area contributed by atoms with Crippen LogP contribution in [0, 0.1) is 11.6 Å². The summed E-state index contributed by atoms with van der Waals surface area (Å²) in [7, 11) is 0. The Bertz CT molecular complexity index is 492. The SMILES string of the molecule is CCCNc1c(F)cc(C(=O)N(CCC)C2CC2)cc1F. The van der Waals surface area contributed by atoms with Crippen molar-refractivity contribution in [3.63, 3.8) is 0 Å². The molecular formula is C16H22F2N2O. The summed E-state index contributed by atoms with van der Waals surface area (Å²) in [6.07, 6.45) is 3.56. The zero-order valence-corrected chi connectivity index (χ0v) is 12.6. The lowest BCUT2D eigenvalue weighted by molar-refractivity contribution is 0.0742. The van der Waals surface area contributed by atoms with Crippen molar-refractivity contribution in [1.82, 2.24) is 4.90 Å². The lowest BCUT2D eigenvalue weighted by atomic mass is 10.1. The maximum Gasteiger partial charge on any atom is 0.254 e. The number of amides is 1. The quantitative estimate of drug-likeness (QED) is 0.830. The van der Waals surface area contributed by atoms with Gasteiger partial charge in [0.1, 0.15) is 17.3 Å². The molecule has 1 fully saturated rings. The number of anilines is 1. The van der Waals surface area contributed by atoms with Crippen LogP contribution in [0.2, 0.25) is 0 Å². The topological polar surface area (TPSA) is 32.3 Å². The number of rotatable bonds is 7. The van der Waals surface area contributed by atoms with Gasteiger partial charge in [-0.25, -0.2) is 8.78 Å². The van der Waals surface area contributed by atoms with Crippen LogP contribution in [0.4, 0.5) is 14.5 Å². The maximum absolute atomic E-state index is 14.0. The summed E-state index contributed by atoms with van der Waals surface area (Å²) >= 11 is 0. The summed E-state index contributed by atoms with van der Waals surface area (Å²) in [5.74, 6) is -1.70. The fraction of sp³-hybridized carbons (Fsp3) is 0.562. The van der Waals surface area contributed by atoms with E-state index in [2.05, 4.69) is 5.32 Å².